The molecule has 0 saturated heterocycles. The fraction of sp³-hybridized carbons (Fsp3) is 0.385. The number of hydrogen-bond donors (Lipinski definition) is 2. The van der Waals surface area contributed by atoms with E-state index in [1.165, 1.54) is 0 Å². The van der Waals surface area contributed by atoms with Crippen molar-refractivity contribution in [2.45, 2.75) is 59.6 Å². The summed E-state index contributed by atoms with van der Waals surface area (Å²) >= 11 is 0. The van der Waals surface area contributed by atoms with Gasteiger partial charge in [-0.1, -0.05) is 27.7 Å². The first-order valence-corrected chi connectivity index (χ1v) is 12.0. The number of pyridine rings is 2. The van der Waals surface area contributed by atoms with E-state index in [0.717, 1.165) is 45.4 Å². The second-order valence-corrected chi connectivity index (χ2v) is 8.23. The molecular formula is C26H30N4O5. The SMILES string of the molecule is CC.CCc1c2c(nc3ccc(OCC(=O)NN)cc13)-c1cc3c(c(=O)n1C2)COC(=O)C3CC. The number of hydrazine groups is 1. The maximum atomic E-state index is 13.3. The van der Waals surface area contributed by atoms with Gasteiger partial charge in [0.2, 0.25) is 0 Å². The van der Waals surface area contributed by atoms with E-state index in [1.54, 1.807) is 10.6 Å². The average Bonchev–Trinajstić information content (AvgIpc) is 3.25. The molecule has 0 spiro atoms. The summed E-state index contributed by atoms with van der Waals surface area (Å²) in [5, 5.41) is 0.914. The number of hydrogen-bond acceptors (Lipinski definition) is 7. The highest BCUT2D eigenvalue weighted by atomic mass is 16.5. The minimum absolute atomic E-state index is 0.00718. The van der Waals surface area contributed by atoms with Crippen molar-refractivity contribution in [3.8, 4) is 17.1 Å². The maximum Gasteiger partial charge on any atom is 0.313 e. The van der Waals surface area contributed by atoms with Gasteiger partial charge in [-0.2, -0.15) is 0 Å². The van der Waals surface area contributed by atoms with Crippen molar-refractivity contribution in [2.24, 2.45) is 5.84 Å². The highest BCUT2D eigenvalue weighted by molar-refractivity contribution is 5.89. The predicted octanol–water partition coefficient (Wildman–Crippen LogP) is 2.93. The van der Waals surface area contributed by atoms with Crippen LogP contribution in [-0.4, -0.2) is 28.0 Å². The van der Waals surface area contributed by atoms with E-state index in [1.807, 2.05) is 44.4 Å². The smallest absolute Gasteiger partial charge is 0.313 e. The summed E-state index contributed by atoms with van der Waals surface area (Å²) in [4.78, 5) is 41.9. The van der Waals surface area contributed by atoms with Gasteiger partial charge in [-0.05, 0) is 48.2 Å². The van der Waals surface area contributed by atoms with Gasteiger partial charge in [0.15, 0.2) is 6.61 Å². The first kappa shape index (κ1) is 24.4. The van der Waals surface area contributed by atoms with E-state index in [-0.39, 0.29) is 24.7 Å². The van der Waals surface area contributed by atoms with Crippen LogP contribution in [0.15, 0.2) is 29.1 Å². The van der Waals surface area contributed by atoms with Gasteiger partial charge in [-0.15, -0.1) is 0 Å². The molecule has 0 radical (unpaired) electrons. The van der Waals surface area contributed by atoms with Gasteiger partial charge in [-0.25, -0.2) is 10.8 Å². The van der Waals surface area contributed by atoms with Crippen LogP contribution in [-0.2, 0) is 33.9 Å². The number of nitrogens with one attached hydrogen (secondary N) is 1. The molecule has 1 unspecified atom stereocenters. The molecule has 9 heteroatoms. The Morgan fingerprint density at radius 3 is 2.69 bits per heavy atom. The number of ether oxygens (including phenoxy) is 2. The van der Waals surface area contributed by atoms with E-state index in [2.05, 4.69) is 6.92 Å². The van der Waals surface area contributed by atoms with Gasteiger partial charge in [-0.3, -0.25) is 19.8 Å². The van der Waals surface area contributed by atoms with Crippen LogP contribution >= 0.6 is 0 Å². The fourth-order valence-corrected chi connectivity index (χ4v) is 4.85. The van der Waals surface area contributed by atoms with Crippen LogP contribution in [0.3, 0.4) is 0 Å². The molecule has 35 heavy (non-hydrogen) atoms. The number of esters is 1. The van der Waals surface area contributed by atoms with Crippen molar-refractivity contribution >= 4 is 22.8 Å². The monoisotopic (exact) mass is 478 g/mol. The standard InChI is InChI=1S/C24H24N4O5.C2H6/c1-3-13-16-7-12(32-11-21(29)27-25)5-6-19(16)26-22-17(13)9-28-20(22)8-15-14(4-2)24(31)33-10-18(15)23(28)30;1-2/h5-8,14H,3-4,9-11,25H2,1-2H3,(H,27,29);1-2H3. The quantitative estimate of drug-likeness (QED) is 0.195. The number of carbonyl (C=O) groups excluding carboxylic acids is 2. The summed E-state index contributed by atoms with van der Waals surface area (Å²) in [5.74, 6) is 4.50. The number of amides is 1. The molecule has 3 N–H and O–H groups in total. The largest absolute Gasteiger partial charge is 0.484 e. The average molecular weight is 479 g/mol. The zero-order chi connectivity index (χ0) is 25.3. The Bertz CT molecular complexity index is 1380. The van der Waals surface area contributed by atoms with Gasteiger partial charge < -0.3 is 14.0 Å². The van der Waals surface area contributed by atoms with Crippen molar-refractivity contribution in [3.05, 3.63) is 56.9 Å². The first-order chi connectivity index (χ1) is 17.0. The van der Waals surface area contributed by atoms with Crippen LogP contribution in [0, 0.1) is 0 Å². The summed E-state index contributed by atoms with van der Waals surface area (Å²) in [6.45, 7) is 8.20. The van der Waals surface area contributed by atoms with Gasteiger partial charge in [0.1, 0.15) is 12.4 Å². The van der Waals surface area contributed by atoms with Crippen molar-refractivity contribution in [1.29, 1.82) is 0 Å². The summed E-state index contributed by atoms with van der Waals surface area (Å²) in [6, 6.07) is 7.40. The van der Waals surface area contributed by atoms with Crippen LogP contribution < -0.4 is 21.6 Å². The summed E-state index contributed by atoms with van der Waals surface area (Å²) in [7, 11) is 0. The Morgan fingerprint density at radius 2 is 2.00 bits per heavy atom. The third-order valence-electron chi connectivity index (χ3n) is 6.48. The lowest BCUT2D eigenvalue weighted by molar-refractivity contribution is -0.148. The minimum atomic E-state index is -0.437. The molecule has 0 saturated carbocycles. The number of nitrogens with zero attached hydrogens (tertiary/aromatic N) is 2. The Morgan fingerprint density at radius 1 is 1.23 bits per heavy atom. The summed E-state index contributed by atoms with van der Waals surface area (Å²) in [6.07, 6.45) is 1.30. The Balaban J connectivity index is 0.00000141. The molecule has 2 aliphatic rings. The molecule has 1 atom stereocenters. The zero-order valence-corrected chi connectivity index (χ0v) is 20.4. The highest BCUT2D eigenvalue weighted by Crippen LogP contribution is 2.39. The Kier molecular flexibility index (Phi) is 6.88. The van der Waals surface area contributed by atoms with Gasteiger partial charge in [0.25, 0.3) is 11.5 Å². The van der Waals surface area contributed by atoms with Crippen LogP contribution in [0.5, 0.6) is 5.75 Å². The molecule has 2 aromatic heterocycles. The van der Waals surface area contributed by atoms with E-state index in [0.29, 0.717) is 24.3 Å². The number of aromatic nitrogens is 2. The second kappa shape index (κ2) is 9.87. The molecule has 184 valence electrons. The molecule has 3 aromatic rings. The molecule has 0 fully saturated rings. The summed E-state index contributed by atoms with van der Waals surface area (Å²) < 4.78 is 12.5. The normalized spacial score (nSPS) is 15.3. The lowest BCUT2D eigenvalue weighted by Crippen LogP contribution is -2.34. The number of benzene rings is 1. The third kappa shape index (κ3) is 4.05. The second-order valence-electron chi connectivity index (χ2n) is 8.23. The number of nitrogens with two attached hydrogens (primary N) is 1. The van der Waals surface area contributed by atoms with Gasteiger partial charge in [0.05, 0.1) is 34.9 Å². The molecule has 0 bridgehead atoms. The van der Waals surface area contributed by atoms with Crippen LogP contribution in [0.1, 0.15) is 62.3 Å². The van der Waals surface area contributed by atoms with Crippen molar-refractivity contribution in [3.63, 3.8) is 0 Å². The van der Waals surface area contributed by atoms with E-state index >= 15 is 0 Å². The van der Waals surface area contributed by atoms with Crippen LogP contribution in [0.2, 0.25) is 0 Å². The molecule has 9 nitrogen and oxygen atoms in total. The number of carbonyl (C=O) groups is 2. The molecule has 5 rings (SSSR count). The highest BCUT2D eigenvalue weighted by Gasteiger charge is 2.34. The fourth-order valence-electron chi connectivity index (χ4n) is 4.85. The third-order valence-corrected chi connectivity index (χ3v) is 6.48. The lowest BCUT2D eigenvalue weighted by Gasteiger charge is -2.24. The van der Waals surface area contributed by atoms with Gasteiger partial charge >= 0.3 is 5.97 Å². The Hall–Kier alpha value is -3.72. The molecule has 1 amide bonds. The predicted molar refractivity (Wildman–Crippen MR) is 132 cm³/mol. The van der Waals surface area contributed by atoms with E-state index < -0.39 is 11.8 Å². The number of cyclic esters (lactones) is 1. The Labute approximate surface area is 203 Å². The number of rotatable bonds is 5. The first-order valence-electron chi connectivity index (χ1n) is 12.0. The van der Waals surface area contributed by atoms with Crippen LogP contribution in [0.25, 0.3) is 22.3 Å². The summed E-state index contributed by atoms with van der Waals surface area (Å²) in [5.41, 5.74) is 7.54. The zero-order valence-electron chi connectivity index (χ0n) is 20.4. The molecule has 0 aliphatic carbocycles. The van der Waals surface area contributed by atoms with E-state index in [9.17, 15) is 14.4 Å². The molecule has 1 aromatic carbocycles. The number of fused-ring (bicyclic) bond motifs is 5. The van der Waals surface area contributed by atoms with Crippen molar-refractivity contribution in [2.75, 3.05) is 6.61 Å². The van der Waals surface area contributed by atoms with Crippen LogP contribution in [0.4, 0.5) is 0 Å². The molecule has 2 aliphatic heterocycles. The minimum Gasteiger partial charge on any atom is -0.484 e. The maximum absolute atomic E-state index is 13.3. The number of aryl methyl sites for hydroxylation is 1. The van der Waals surface area contributed by atoms with E-state index in [4.69, 9.17) is 20.3 Å². The lowest BCUT2D eigenvalue weighted by atomic mass is 9.90. The topological polar surface area (TPSA) is 126 Å². The van der Waals surface area contributed by atoms with Gasteiger partial charge in [0, 0.05) is 10.9 Å². The van der Waals surface area contributed by atoms with Crippen molar-refractivity contribution < 1.29 is 19.1 Å². The molecular weight excluding hydrogens is 448 g/mol. The van der Waals surface area contributed by atoms with Crippen molar-refractivity contribution in [1.82, 2.24) is 15.0 Å². The molecule has 4 heterocycles.